The monoisotopic (exact) mass is 230 g/mol. The highest BCUT2D eigenvalue weighted by Gasteiger charge is 2.06. The molecule has 0 fully saturated rings. The fraction of sp³-hybridized carbons (Fsp3) is 0.357. The van der Waals surface area contributed by atoms with Gasteiger partial charge in [-0.15, -0.1) is 0 Å². The van der Waals surface area contributed by atoms with Crippen molar-refractivity contribution < 1.29 is 4.74 Å². The van der Waals surface area contributed by atoms with Crippen molar-refractivity contribution in [3.8, 4) is 17.1 Å². The van der Waals surface area contributed by atoms with Crippen LogP contribution in [0.3, 0.4) is 0 Å². The molecule has 3 heteroatoms. The minimum absolute atomic E-state index is 0.191. The number of imidazole rings is 1. The van der Waals surface area contributed by atoms with E-state index in [1.165, 1.54) is 0 Å². The third kappa shape index (κ3) is 2.67. The molecular formula is C14H18N2O. The summed E-state index contributed by atoms with van der Waals surface area (Å²) in [5, 5.41) is 0. The second-order valence-electron chi connectivity index (χ2n) is 4.23. The molecule has 0 amide bonds. The number of rotatable bonds is 4. The zero-order valence-corrected chi connectivity index (χ0v) is 10.6. The fourth-order valence-corrected chi connectivity index (χ4v) is 1.81. The largest absolute Gasteiger partial charge is 0.491 e. The fourth-order valence-electron chi connectivity index (χ4n) is 1.81. The van der Waals surface area contributed by atoms with Crippen LogP contribution in [0.2, 0.25) is 0 Å². The highest BCUT2D eigenvalue weighted by Crippen LogP contribution is 2.23. The molecule has 0 bridgehead atoms. The van der Waals surface area contributed by atoms with Crippen LogP contribution < -0.4 is 4.74 Å². The molecule has 0 radical (unpaired) electrons. The van der Waals surface area contributed by atoms with Gasteiger partial charge in [0.05, 0.1) is 6.10 Å². The average molecular weight is 230 g/mol. The van der Waals surface area contributed by atoms with Gasteiger partial charge in [0.25, 0.3) is 0 Å². The van der Waals surface area contributed by atoms with Crippen molar-refractivity contribution in [2.45, 2.75) is 33.4 Å². The zero-order chi connectivity index (χ0) is 12.3. The topological polar surface area (TPSA) is 27.1 Å². The molecule has 0 saturated heterocycles. The molecule has 0 atom stereocenters. The van der Waals surface area contributed by atoms with Gasteiger partial charge in [-0.3, -0.25) is 0 Å². The van der Waals surface area contributed by atoms with Crippen LogP contribution in [0.1, 0.15) is 20.8 Å². The van der Waals surface area contributed by atoms with Gasteiger partial charge >= 0.3 is 0 Å². The van der Waals surface area contributed by atoms with E-state index >= 15 is 0 Å². The predicted octanol–water partition coefficient (Wildman–Crippen LogP) is 3.36. The van der Waals surface area contributed by atoms with E-state index < -0.39 is 0 Å². The Morgan fingerprint density at radius 1 is 1.35 bits per heavy atom. The van der Waals surface area contributed by atoms with Crippen molar-refractivity contribution in [3.63, 3.8) is 0 Å². The van der Waals surface area contributed by atoms with Crippen LogP contribution >= 0.6 is 0 Å². The van der Waals surface area contributed by atoms with E-state index in [0.29, 0.717) is 0 Å². The summed E-state index contributed by atoms with van der Waals surface area (Å²) in [5.74, 6) is 1.88. The van der Waals surface area contributed by atoms with E-state index in [0.717, 1.165) is 23.7 Å². The lowest BCUT2D eigenvalue weighted by Crippen LogP contribution is -2.05. The molecule has 2 aromatic rings. The Morgan fingerprint density at radius 2 is 2.18 bits per heavy atom. The summed E-state index contributed by atoms with van der Waals surface area (Å²) >= 11 is 0. The summed E-state index contributed by atoms with van der Waals surface area (Å²) in [6.07, 6.45) is 4.01. The number of hydrogen-bond acceptors (Lipinski definition) is 2. The standard InChI is InChI=1S/C14H18N2O/c1-4-16-9-8-15-14(16)12-6-5-7-13(10-12)17-11(2)3/h5-11H,4H2,1-3H3. The highest BCUT2D eigenvalue weighted by atomic mass is 16.5. The summed E-state index contributed by atoms with van der Waals surface area (Å²) in [7, 11) is 0. The molecule has 2 rings (SSSR count). The van der Waals surface area contributed by atoms with Crippen molar-refractivity contribution in [2.24, 2.45) is 0 Å². The number of nitrogens with zero attached hydrogens (tertiary/aromatic N) is 2. The summed E-state index contributed by atoms with van der Waals surface area (Å²) < 4.78 is 7.81. The third-order valence-corrected chi connectivity index (χ3v) is 2.52. The van der Waals surface area contributed by atoms with Gasteiger partial charge in [-0.2, -0.15) is 0 Å². The normalized spacial score (nSPS) is 10.8. The van der Waals surface area contributed by atoms with Crippen LogP contribution in [0.15, 0.2) is 36.7 Å². The molecule has 0 spiro atoms. The van der Waals surface area contributed by atoms with Crippen molar-refractivity contribution in [1.29, 1.82) is 0 Å². The van der Waals surface area contributed by atoms with Crippen molar-refractivity contribution in [3.05, 3.63) is 36.7 Å². The molecule has 0 N–H and O–H groups in total. The van der Waals surface area contributed by atoms with E-state index in [1.54, 1.807) is 0 Å². The summed E-state index contributed by atoms with van der Waals surface area (Å²) in [6.45, 7) is 7.09. The maximum absolute atomic E-state index is 5.69. The second kappa shape index (κ2) is 5.04. The van der Waals surface area contributed by atoms with E-state index in [4.69, 9.17) is 4.74 Å². The van der Waals surface area contributed by atoms with Crippen molar-refractivity contribution in [2.75, 3.05) is 0 Å². The first-order valence-corrected chi connectivity index (χ1v) is 5.99. The molecule has 1 heterocycles. The molecule has 0 aliphatic heterocycles. The highest BCUT2D eigenvalue weighted by molar-refractivity contribution is 5.58. The Hall–Kier alpha value is -1.77. The van der Waals surface area contributed by atoms with Gasteiger partial charge in [-0.1, -0.05) is 12.1 Å². The lowest BCUT2D eigenvalue weighted by atomic mass is 10.2. The molecule has 0 aliphatic carbocycles. The first-order chi connectivity index (χ1) is 8.20. The number of aromatic nitrogens is 2. The third-order valence-electron chi connectivity index (χ3n) is 2.52. The van der Waals surface area contributed by atoms with Gasteiger partial charge in [-0.25, -0.2) is 4.98 Å². The summed E-state index contributed by atoms with van der Waals surface area (Å²) in [6, 6.07) is 8.07. The minimum Gasteiger partial charge on any atom is -0.491 e. The maximum Gasteiger partial charge on any atom is 0.140 e. The van der Waals surface area contributed by atoms with Gasteiger partial charge in [0.2, 0.25) is 0 Å². The Balaban J connectivity index is 2.33. The van der Waals surface area contributed by atoms with E-state index in [1.807, 2.05) is 44.4 Å². The van der Waals surface area contributed by atoms with Crippen molar-refractivity contribution >= 4 is 0 Å². The van der Waals surface area contributed by atoms with Gasteiger partial charge in [0, 0.05) is 24.5 Å². The second-order valence-corrected chi connectivity index (χ2v) is 4.23. The number of aryl methyl sites for hydroxylation is 1. The zero-order valence-electron chi connectivity index (χ0n) is 10.6. The Labute approximate surface area is 102 Å². The molecule has 1 aromatic carbocycles. The average Bonchev–Trinajstić information content (AvgIpc) is 2.76. The number of hydrogen-bond donors (Lipinski definition) is 0. The quantitative estimate of drug-likeness (QED) is 0.805. The SMILES string of the molecule is CCn1ccnc1-c1cccc(OC(C)C)c1. The maximum atomic E-state index is 5.69. The van der Waals surface area contributed by atoms with Gasteiger partial charge in [-0.05, 0) is 32.9 Å². The summed E-state index contributed by atoms with van der Waals surface area (Å²) in [5.41, 5.74) is 1.09. The Kier molecular flexibility index (Phi) is 3.47. The number of ether oxygens (including phenoxy) is 1. The van der Waals surface area contributed by atoms with Crippen LogP contribution in [0, 0.1) is 0 Å². The summed E-state index contributed by atoms with van der Waals surface area (Å²) in [4.78, 5) is 4.38. The molecule has 90 valence electrons. The molecule has 17 heavy (non-hydrogen) atoms. The lowest BCUT2D eigenvalue weighted by Gasteiger charge is -2.11. The van der Waals surface area contributed by atoms with E-state index in [2.05, 4.69) is 22.5 Å². The number of benzene rings is 1. The van der Waals surface area contributed by atoms with Crippen molar-refractivity contribution in [1.82, 2.24) is 9.55 Å². The first-order valence-electron chi connectivity index (χ1n) is 5.99. The van der Waals surface area contributed by atoms with Gasteiger partial charge in [0.1, 0.15) is 11.6 Å². The van der Waals surface area contributed by atoms with E-state index in [-0.39, 0.29) is 6.10 Å². The van der Waals surface area contributed by atoms with Crippen LogP contribution in [0.4, 0.5) is 0 Å². The molecule has 0 saturated carbocycles. The Morgan fingerprint density at radius 3 is 2.88 bits per heavy atom. The molecule has 1 aromatic heterocycles. The van der Waals surface area contributed by atoms with Crippen LogP contribution in [-0.4, -0.2) is 15.7 Å². The smallest absolute Gasteiger partial charge is 0.140 e. The predicted molar refractivity (Wildman–Crippen MR) is 69.1 cm³/mol. The van der Waals surface area contributed by atoms with Gasteiger partial charge < -0.3 is 9.30 Å². The van der Waals surface area contributed by atoms with Crippen LogP contribution in [0.5, 0.6) is 5.75 Å². The lowest BCUT2D eigenvalue weighted by molar-refractivity contribution is 0.242. The van der Waals surface area contributed by atoms with Gasteiger partial charge in [0.15, 0.2) is 0 Å². The first kappa shape index (κ1) is 11.7. The molecule has 3 nitrogen and oxygen atoms in total. The molecular weight excluding hydrogens is 212 g/mol. The van der Waals surface area contributed by atoms with E-state index in [9.17, 15) is 0 Å². The molecule has 0 aliphatic rings. The van der Waals surface area contributed by atoms with Crippen LogP contribution in [-0.2, 0) is 6.54 Å². The molecule has 0 unspecified atom stereocenters. The Bertz CT molecular complexity index is 488. The van der Waals surface area contributed by atoms with Crippen LogP contribution in [0.25, 0.3) is 11.4 Å². The minimum atomic E-state index is 0.191.